The van der Waals surface area contributed by atoms with Gasteiger partial charge in [0.05, 0.1) is 0 Å². The lowest BCUT2D eigenvalue weighted by molar-refractivity contribution is 1.09. The first-order valence-corrected chi connectivity index (χ1v) is 6.86. The molecule has 0 aliphatic carbocycles. The van der Waals surface area contributed by atoms with Crippen LogP contribution in [0.4, 0.5) is 0 Å². The summed E-state index contributed by atoms with van der Waals surface area (Å²) < 4.78 is 0. The first-order valence-electron chi connectivity index (χ1n) is 6.86. The molecule has 0 saturated carbocycles. The van der Waals surface area contributed by atoms with Gasteiger partial charge < -0.3 is 0 Å². The Labute approximate surface area is 114 Å². The van der Waals surface area contributed by atoms with Crippen molar-refractivity contribution in [2.24, 2.45) is 0 Å². The van der Waals surface area contributed by atoms with Gasteiger partial charge in [0.2, 0.25) is 0 Å². The summed E-state index contributed by atoms with van der Waals surface area (Å²) >= 11 is 0. The Balaban J connectivity index is 0. The van der Waals surface area contributed by atoms with Crippen molar-refractivity contribution >= 4 is 11.1 Å². The SMILES string of the molecule is C=C(C)c1ccc(C(=C)C)c(C)c1.CC.CCC. The summed E-state index contributed by atoms with van der Waals surface area (Å²) in [4.78, 5) is 0. The van der Waals surface area contributed by atoms with Gasteiger partial charge in [-0.15, -0.1) is 0 Å². The highest BCUT2D eigenvalue weighted by atomic mass is 14.1. The van der Waals surface area contributed by atoms with Crippen molar-refractivity contribution in [3.63, 3.8) is 0 Å². The van der Waals surface area contributed by atoms with Crippen molar-refractivity contribution in [1.29, 1.82) is 0 Å². The van der Waals surface area contributed by atoms with Gasteiger partial charge in [-0.3, -0.25) is 0 Å². The Bertz CT molecular complexity index is 370. The topological polar surface area (TPSA) is 0 Å². The number of allylic oxidation sites excluding steroid dienone is 2. The molecule has 0 unspecified atom stereocenters. The van der Waals surface area contributed by atoms with E-state index in [9.17, 15) is 0 Å². The summed E-state index contributed by atoms with van der Waals surface area (Å²) in [6, 6.07) is 6.37. The molecule has 18 heavy (non-hydrogen) atoms. The fourth-order valence-electron chi connectivity index (χ4n) is 1.41. The molecule has 102 valence electrons. The summed E-state index contributed by atoms with van der Waals surface area (Å²) in [5, 5.41) is 0. The van der Waals surface area contributed by atoms with Crippen molar-refractivity contribution in [1.82, 2.24) is 0 Å². The second-order valence-electron chi connectivity index (χ2n) is 4.30. The van der Waals surface area contributed by atoms with Gasteiger partial charge in [-0.25, -0.2) is 0 Å². The number of benzene rings is 1. The summed E-state index contributed by atoms with van der Waals surface area (Å²) in [5.41, 5.74) is 5.95. The van der Waals surface area contributed by atoms with Crippen LogP contribution in [0.5, 0.6) is 0 Å². The molecule has 0 atom stereocenters. The number of aryl methyl sites for hydroxylation is 1. The van der Waals surface area contributed by atoms with Crippen LogP contribution in [-0.2, 0) is 0 Å². The average molecular weight is 246 g/mol. The molecule has 1 aromatic rings. The van der Waals surface area contributed by atoms with E-state index < -0.39 is 0 Å². The Morgan fingerprint density at radius 1 is 1.00 bits per heavy atom. The molecular formula is C18H30. The molecule has 0 amide bonds. The second-order valence-corrected chi connectivity index (χ2v) is 4.30. The molecule has 0 heterocycles. The van der Waals surface area contributed by atoms with Gasteiger partial charge in [-0.1, -0.05) is 76.6 Å². The van der Waals surface area contributed by atoms with Gasteiger partial charge in [0, 0.05) is 0 Å². The van der Waals surface area contributed by atoms with Crippen LogP contribution < -0.4 is 0 Å². The van der Waals surface area contributed by atoms with Gasteiger partial charge in [-0.2, -0.15) is 0 Å². The van der Waals surface area contributed by atoms with E-state index in [0.717, 1.165) is 11.1 Å². The van der Waals surface area contributed by atoms with Crippen LogP contribution in [0.3, 0.4) is 0 Å². The van der Waals surface area contributed by atoms with Crippen LogP contribution in [0.25, 0.3) is 11.1 Å². The maximum absolute atomic E-state index is 3.94. The van der Waals surface area contributed by atoms with Crippen LogP contribution in [0.1, 0.15) is 64.7 Å². The van der Waals surface area contributed by atoms with Crippen molar-refractivity contribution in [3.05, 3.63) is 48.0 Å². The zero-order chi connectivity index (χ0) is 14.7. The predicted octanol–water partition coefficient (Wildman–Crippen LogP) is 6.50. The zero-order valence-electron chi connectivity index (χ0n) is 13.4. The lowest BCUT2D eigenvalue weighted by Crippen LogP contribution is -1.87. The van der Waals surface area contributed by atoms with Crippen molar-refractivity contribution in [2.45, 2.75) is 54.9 Å². The molecule has 0 aliphatic heterocycles. The molecule has 0 aromatic heterocycles. The Morgan fingerprint density at radius 2 is 1.44 bits per heavy atom. The molecule has 0 N–H and O–H groups in total. The minimum Gasteiger partial charge on any atom is -0.0955 e. The fourth-order valence-corrected chi connectivity index (χ4v) is 1.41. The Hall–Kier alpha value is -1.30. The molecule has 0 aliphatic rings. The monoisotopic (exact) mass is 246 g/mol. The summed E-state index contributed by atoms with van der Waals surface area (Å²) in [7, 11) is 0. The highest BCUT2D eigenvalue weighted by molar-refractivity contribution is 5.69. The molecule has 0 bridgehead atoms. The standard InChI is InChI=1S/C13H16.C3H8.C2H6/c1-9(2)12-6-7-13(10(3)4)11(5)8-12;1-3-2;1-2/h6-8H,1,3H2,2,4-5H3;3H2,1-2H3;1-2H3. The summed E-state index contributed by atoms with van der Waals surface area (Å²) in [5.74, 6) is 0. The number of hydrogen-bond acceptors (Lipinski definition) is 0. The van der Waals surface area contributed by atoms with Gasteiger partial charge in [-0.05, 0) is 37.5 Å². The average Bonchev–Trinajstić information content (AvgIpc) is 2.32. The van der Waals surface area contributed by atoms with Crippen molar-refractivity contribution in [3.8, 4) is 0 Å². The third-order valence-corrected chi connectivity index (χ3v) is 2.18. The number of rotatable bonds is 2. The maximum atomic E-state index is 3.94. The van der Waals surface area contributed by atoms with Crippen molar-refractivity contribution in [2.75, 3.05) is 0 Å². The fraction of sp³-hybridized carbons (Fsp3) is 0.444. The molecule has 0 radical (unpaired) electrons. The van der Waals surface area contributed by atoms with Crippen LogP contribution >= 0.6 is 0 Å². The summed E-state index contributed by atoms with van der Waals surface area (Å²) in [6.07, 6.45) is 1.25. The highest BCUT2D eigenvalue weighted by Crippen LogP contribution is 2.21. The second kappa shape index (κ2) is 10.8. The van der Waals surface area contributed by atoms with E-state index in [4.69, 9.17) is 0 Å². The molecule has 0 fully saturated rings. The van der Waals surface area contributed by atoms with Crippen LogP contribution in [0, 0.1) is 6.92 Å². The third kappa shape index (κ3) is 7.11. The molecule has 1 rings (SSSR count). The molecule has 0 saturated heterocycles. The minimum atomic E-state index is 1.11. The largest absolute Gasteiger partial charge is 0.0955 e. The number of hydrogen-bond donors (Lipinski definition) is 0. The van der Waals surface area contributed by atoms with E-state index in [2.05, 4.69) is 52.1 Å². The molecule has 0 heteroatoms. The van der Waals surface area contributed by atoms with E-state index in [1.165, 1.54) is 23.1 Å². The van der Waals surface area contributed by atoms with Crippen LogP contribution in [-0.4, -0.2) is 0 Å². The van der Waals surface area contributed by atoms with E-state index in [1.54, 1.807) is 0 Å². The van der Waals surface area contributed by atoms with Crippen LogP contribution in [0.15, 0.2) is 31.4 Å². The van der Waals surface area contributed by atoms with Gasteiger partial charge in [0.25, 0.3) is 0 Å². The lowest BCUT2D eigenvalue weighted by atomic mass is 9.98. The first-order chi connectivity index (χ1) is 8.43. The van der Waals surface area contributed by atoms with Gasteiger partial charge in [0.15, 0.2) is 0 Å². The van der Waals surface area contributed by atoms with Crippen LogP contribution in [0.2, 0.25) is 0 Å². The third-order valence-electron chi connectivity index (χ3n) is 2.18. The van der Waals surface area contributed by atoms with Crippen molar-refractivity contribution < 1.29 is 0 Å². The van der Waals surface area contributed by atoms with E-state index in [0.29, 0.717) is 0 Å². The van der Waals surface area contributed by atoms with Gasteiger partial charge >= 0.3 is 0 Å². The predicted molar refractivity (Wildman–Crippen MR) is 87.9 cm³/mol. The van der Waals surface area contributed by atoms with Gasteiger partial charge in [0.1, 0.15) is 0 Å². The Kier molecular flexibility index (Phi) is 11.5. The highest BCUT2D eigenvalue weighted by Gasteiger charge is 2.00. The lowest BCUT2D eigenvalue weighted by Gasteiger charge is -2.07. The molecule has 1 aromatic carbocycles. The molecule has 0 nitrogen and oxygen atoms in total. The van der Waals surface area contributed by atoms with E-state index >= 15 is 0 Å². The molecular weight excluding hydrogens is 216 g/mol. The quantitative estimate of drug-likeness (QED) is 0.558. The Morgan fingerprint density at radius 3 is 1.72 bits per heavy atom. The maximum Gasteiger partial charge on any atom is -0.0204 e. The molecule has 0 spiro atoms. The summed E-state index contributed by atoms with van der Waals surface area (Å²) in [6.45, 7) is 22.3. The minimum absolute atomic E-state index is 1.11. The normalized spacial score (nSPS) is 8.39. The smallest absolute Gasteiger partial charge is 0.0204 e. The zero-order valence-corrected chi connectivity index (χ0v) is 13.4. The van der Waals surface area contributed by atoms with E-state index in [-0.39, 0.29) is 0 Å². The first kappa shape index (κ1) is 19.0. The van der Waals surface area contributed by atoms with E-state index in [1.807, 2.05) is 27.7 Å².